The fourth-order valence-corrected chi connectivity index (χ4v) is 3.93. The molecule has 1 aliphatic rings. The van der Waals surface area contributed by atoms with E-state index in [0.29, 0.717) is 11.3 Å². The van der Waals surface area contributed by atoms with E-state index in [9.17, 15) is 14.4 Å². The Morgan fingerprint density at radius 1 is 0.967 bits per heavy atom. The number of fused-ring (bicyclic) bond motifs is 1. The lowest BCUT2D eigenvalue weighted by molar-refractivity contribution is -0.133. The van der Waals surface area contributed by atoms with Crippen molar-refractivity contribution < 1.29 is 14.4 Å². The Morgan fingerprint density at radius 2 is 1.63 bits per heavy atom. The summed E-state index contributed by atoms with van der Waals surface area (Å²) in [4.78, 5) is 39.2. The molecule has 0 saturated carbocycles. The first-order valence-electron chi connectivity index (χ1n) is 9.78. The van der Waals surface area contributed by atoms with Gasteiger partial charge in [0.25, 0.3) is 5.91 Å². The van der Waals surface area contributed by atoms with Crippen molar-refractivity contribution in [2.45, 2.75) is 26.3 Å². The van der Waals surface area contributed by atoms with Crippen LogP contribution in [0.15, 0.2) is 60.7 Å². The van der Waals surface area contributed by atoms with Gasteiger partial charge in [0.2, 0.25) is 5.91 Å². The summed E-state index contributed by atoms with van der Waals surface area (Å²) in [7, 11) is 0. The molecule has 30 heavy (non-hydrogen) atoms. The molecule has 0 aromatic heterocycles. The number of carbonyl (C=O) groups excluding carboxylic acids is 3. The molecule has 0 bridgehead atoms. The molecule has 1 unspecified atom stereocenters. The van der Waals surface area contributed by atoms with Crippen LogP contribution in [-0.4, -0.2) is 29.3 Å². The van der Waals surface area contributed by atoms with Crippen LogP contribution >= 0.6 is 0 Å². The number of anilines is 1. The molecule has 2 N–H and O–H groups in total. The predicted octanol–water partition coefficient (Wildman–Crippen LogP) is 3.86. The fourth-order valence-electron chi connectivity index (χ4n) is 3.93. The Balaban J connectivity index is 1.54. The Bertz CT molecular complexity index is 1170. The van der Waals surface area contributed by atoms with E-state index in [-0.39, 0.29) is 6.54 Å². The highest BCUT2D eigenvalue weighted by Gasteiger charge is 2.49. The maximum Gasteiger partial charge on any atom is 0.325 e. The summed E-state index contributed by atoms with van der Waals surface area (Å²) in [6.45, 7) is 5.20. The molecule has 3 aromatic rings. The summed E-state index contributed by atoms with van der Waals surface area (Å²) in [5.74, 6) is -0.871. The van der Waals surface area contributed by atoms with Crippen LogP contribution in [-0.2, 0) is 15.1 Å². The number of carbonyl (C=O) groups is 3. The topological polar surface area (TPSA) is 78.5 Å². The van der Waals surface area contributed by atoms with E-state index in [2.05, 4.69) is 10.6 Å². The van der Waals surface area contributed by atoms with Crippen LogP contribution in [0.2, 0.25) is 0 Å². The number of benzene rings is 3. The highest BCUT2D eigenvalue weighted by atomic mass is 16.2. The minimum absolute atomic E-state index is 0.346. The first kappa shape index (κ1) is 19.6. The minimum Gasteiger partial charge on any atom is -0.325 e. The van der Waals surface area contributed by atoms with Crippen LogP contribution in [0.4, 0.5) is 10.5 Å². The third-order valence-electron chi connectivity index (χ3n) is 5.41. The molecule has 3 aromatic carbocycles. The van der Waals surface area contributed by atoms with E-state index in [4.69, 9.17) is 0 Å². The van der Waals surface area contributed by atoms with Crippen molar-refractivity contribution in [1.29, 1.82) is 0 Å². The summed E-state index contributed by atoms with van der Waals surface area (Å²) in [5, 5.41) is 7.55. The Kier molecular flexibility index (Phi) is 4.78. The molecule has 152 valence electrons. The Hall–Kier alpha value is -3.67. The molecule has 1 saturated heterocycles. The average Bonchev–Trinajstić information content (AvgIpc) is 2.91. The molecule has 0 spiro atoms. The first-order valence-corrected chi connectivity index (χ1v) is 9.78. The van der Waals surface area contributed by atoms with Crippen LogP contribution in [0.1, 0.15) is 23.6 Å². The number of amides is 4. The maximum absolute atomic E-state index is 13.1. The van der Waals surface area contributed by atoms with Crippen molar-refractivity contribution in [2.24, 2.45) is 0 Å². The Labute approximate surface area is 174 Å². The second-order valence-corrected chi connectivity index (χ2v) is 7.93. The minimum atomic E-state index is -1.22. The number of nitrogens with zero attached hydrogens (tertiary/aromatic N) is 1. The number of hydrogen-bond acceptors (Lipinski definition) is 3. The van der Waals surface area contributed by atoms with Gasteiger partial charge in [-0.15, -0.1) is 0 Å². The molecule has 4 rings (SSSR count). The lowest BCUT2D eigenvalue weighted by atomic mass is 9.90. The molecule has 4 amide bonds. The SMILES string of the molecule is Cc1cc(C)cc(NC(=O)CN2C(=O)NC(C)(c3ccc4ccccc4c3)C2=O)c1. The fraction of sp³-hybridized carbons (Fsp3) is 0.208. The first-order chi connectivity index (χ1) is 14.3. The number of rotatable bonds is 4. The van der Waals surface area contributed by atoms with Gasteiger partial charge in [-0.05, 0) is 66.4 Å². The molecule has 0 aliphatic carbocycles. The molecule has 6 nitrogen and oxygen atoms in total. The average molecular weight is 401 g/mol. The molecule has 0 radical (unpaired) electrons. The molecule has 1 fully saturated rings. The van der Waals surface area contributed by atoms with E-state index < -0.39 is 23.4 Å². The van der Waals surface area contributed by atoms with Gasteiger partial charge in [0.05, 0.1) is 0 Å². The number of imide groups is 1. The van der Waals surface area contributed by atoms with Crippen molar-refractivity contribution in [3.8, 4) is 0 Å². The van der Waals surface area contributed by atoms with Gasteiger partial charge in [0, 0.05) is 5.69 Å². The number of aryl methyl sites for hydroxylation is 2. The lowest BCUT2D eigenvalue weighted by Crippen LogP contribution is -2.42. The summed E-state index contributed by atoms with van der Waals surface area (Å²) in [6, 6.07) is 18.6. The quantitative estimate of drug-likeness (QED) is 0.652. The summed E-state index contributed by atoms with van der Waals surface area (Å²) >= 11 is 0. The molecular weight excluding hydrogens is 378 g/mol. The van der Waals surface area contributed by atoms with Crippen molar-refractivity contribution in [2.75, 3.05) is 11.9 Å². The molecule has 6 heteroatoms. The summed E-state index contributed by atoms with van der Waals surface area (Å²) in [5.41, 5.74) is 2.13. The van der Waals surface area contributed by atoms with Crippen LogP contribution in [0, 0.1) is 13.8 Å². The van der Waals surface area contributed by atoms with Crippen LogP contribution in [0.25, 0.3) is 10.8 Å². The van der Waals surface area contributed by atoms with E-state index in [0.717, 1.165) is 26.8 Å². The van der Waals surface area contributed by atoms with E-state index in [1.165, 1.54) is 0 Å². The van der Waals surface area contributed by atoms with Gasteiger partial charge in [-0.3, -0.25) is 14.5 Å². The van der Waals surface area contributed by atoms with E-state index >= 15 is 0 Å². The van der Waals surface area contributed by atoms with Crippen molar-refractivity contribution >= 4 is 34.3 Å². The second kappa shape index (κ2) is 7.30. The van der Waals surface area contributed by atoms with Crippen LogP contribution in [0.5, 0.6) is 0 Å². The summed E-state index contributed by atoms with van der Waals surface area (Å²) in [6.07, 6.45) is 0. The van der Waals surface area contributed by atoms with Crippen molar-refractivity contribution in [3.63, 3.8) is 0 Å². The van der Waals surface area contributed by atoms with E-state index in [1.807, 2.05) is 74.5 Å². The monoisotopic (exact) mass is 401 g/mol. The lowest BCUT2D eigenvalue weighted by Gasteiger charge is -2.22. The van der Waals surface area contributed by atoms with Crippen molar-refractivity contribution in [1.82, 2.24) is 10.2 Å². The van der Waals surface area contributed by atoms with Crippen LogP contribution < -0.4 is 10.6 Å². The van der Waals surface area contributed by atoms with Crippen LogP contribution in [0.3, 0.4) is 0 Å². The van der Waals surface area contributed by atoms with Gasteiger partial charge in [-0.1, -0.05) is 42.5 Å². The number of nitrogens with one attached hydrogen (secondary N) is 2. The number of hydrogen-bond donors (Lipinski definition) is 2. The third-order valence-corrected chi connectivity index (χ3v) is 5.41. The molecule has 1 atom stereocenters. The van der Waals surface area contributed by atoms with Crippen molar-refractivity contribution in [3.05, 3.63) is 77.4 Å². The highest BCUT2D eigenvalue weighted by Crippen LogP contribution is 2.31. The van der Waals surface area contributed by atoms with Gasteiger partial charge >= 0.3 is 6.03 Å². The third kappa shape index (κ3) is 3.52. The second-order valence-electron chi connectivity index (χ2n) is 7.93. The maximum atomic E-state index is 13.1. The van der Waals surface area contributed by atoms with Gasteiger partial charge < -0.3 is 10.6 Å². The summed E-state index contributed by atoms with van der Waals surface area (Å²) < 4.78 is 0. The standard InChI is InChI=1S/C24H23N3O3/c1-15-10-16(2)12-20(11-15)25-21(28)14-27-22(29)24(3,26-23(27)30)19-9-8-17-6-4-5-7-18(17)13-19/h4-13H,14H2,1-3H3,(H,25,28)(H,26,30). The van der Waals surface area contributed by atoms with Gasteiger partial charge in [0.15, 0.2) is 0 Å². The predicted molar refractivity (Wildman–Crippen MR) is 116 cm³/mol. The molecule has 1 aliphatic heterocycles. The smallest absolute Gasteiger partial charge is 0.325 e. The zero-order valence-electron chi connectivity index (χ0n) is 17.2. The molecule has 1 heterocycles. The van der Waals surface area contributed by atoms with Gasteiger partial charge in [0.1, 0.15) is 12.1 Å². The number of urea groups is 1. The normalized spacial score (nSPS) is 18.6. The van der Waals surface area contributed by atoms with Gasteiger partial charge in [-0.25, -0.2) is 4.79 Å². The highest BCUT2D eigenvalue weighted by molar-refractivity contribution is 6.10. The zero-order chi connectivity index (χ0) is 21.5. The molecular formula is C24H23N3O3. The van der Waals surface area contributed by atoms with E-state index in [1.54, 1.807) is 6.92 Å². The Morgan fingerprint density at radius 3 is 2.33 bits per heavy atom. The largest absolute Gasteiger partial charge is 0.325 e. The zero-order valence-corrected chi connectivity index (χ0v) is 17.2. The van der Waals surface area contributed by atoms with Gasteiger partial charge in [-0.2, -0.15) is 0 Å².